The minimum atomic E-state index is -1.97. The van der Waals surface area contributed by atoms with Crippen LogP contribution in [0.4, 0.5) is 5.82 Å². The van der Waals surface area contributed by atoms with Gasteiger partial charge in [-0.15, -0.1) is 0 Å². The largest absolute Gasteiger partial charge is 0.463 e. The zero-order valence-corrected chi connectivity index (χ0v) is 25.2. The molecule has 2 aromatic rings. The van der Waals surface area contributed by atoms with Crippen LogP contribution in [0.5, 0.6) is 0 Å². The van der Waals surface area contributed by atoms with Crippen LogP contribution < -0.4 is 16.4 Å². The number of guanidine groups is 1. The van der Waals surface area contributed by atoms with E-state index in [0.717, 1.165) is 49.8 Å². The smallest absolute Gasteiger partial charge is 0.350 e. The maximum absolute atomic E-state index is 13.9. The summed E-state index contributed by atoms with van der Waals surface area (Å²) in [4.78, 5) is 49.8. The van der Waals surface area contributed by atoms with Crippen molar-refractivity contribution in [3.63, 3.8) is 0 Å². The first-order chi connectivity index (χ1) is 20.7. The molecule has 0 bridgehead atoms. The van der Waals surface area contributed by atoms with Crippen LogP contribution in [0.3, 0.4) is 0 Å². The highest BCUT2D eigenvalue weighted by Crippen LogP contribution is 2.58. The van der Waals surface area contributed by atoms with Gasteiger partial charge in [0.1, 0.15) is 5.82 Å². The van der Waals surface area contributed by atoms with Crippen molar-refractivity contribution in [3.8, 4) is 0 Å². The molecule has 1 aromatic carbocycles. The van der Waals surface area contributed by atoms with Crippen molar-refractivity contribution in [3.05, 3.63) is 70.9 Å². The average molecular weight is 588 g/mol. The van der Waals surface area contributed by atoms with Crippen LogP contribution in [0, 0.1) is 0 Å². The number of pyridine rings is 1. The summed E-state index contributed by atoms with van der Waals surface area (Å²) in [7, 11) is 1.73. The summed E-state index contributed by atoms with van der Waals surface area (Å²) in [6.07, 6.45) is 9.56. The number of Topliss-reactive ketones (excluding diaryl/α,β-unsaturated/α-hetero) is 2. The van der Waals surface area contributed by atoms with Crippen molar-refractivity contribution in [2.24, 2.45) is 4.99 Å². The van der Waals surface area contributed by atoms with Crippen LogP contribution in [-0.2, 0) is 19.8 Å². The first-order valence-electron chi connectivity index (χ1n) is 15.2. The number of anilines is 1. The lowest BCUT2D eigenvalue weighted by atomic mass is 9.72. The second-order valence-corrected chi connectivity index (χ2v) is 11.7. The SMILES string of the molecule is CCCCCCOC(=O)C12OC1(CC=C(C)CC1(c3ccnc(N)c3)CCCNC(=NC)N1)C(=O)c1ccccc1C2=O. The van der Waals surface area contributed by atoms with E-state index in [1.165, 1.54) is 0 Å². The van der Waals surface area contributed by atoms with Crippen LogP contribution in [0.2, 0.25) is 0 Å². The molecule has 5 rings (SSSR count). The Labute approximate surface area is 252 Å². The number of aliphatic imine (C=N–C) groups is 1. The van der Waals surface area contributed by atoms with E-state index in [-0.39, 0.29) is 29.9 Å². The molecule has 3 unspecified atom stereocenters. The van der Waals surface area contributed by atoms with E-state index in [2.05, 4.69) is 27.5 Å². The number of ether oxygens (including phenoxy) is 2. The molecule has 3 heterocycles. The van der Waals surface area contributed by atoms with Gasteiger partial charge in [-0.1, -0.05) is 62.1 Å². The van der Waals surface area contributed by atoms with E-state index in [1.54, 1.807) is 37.5 Å². The number of carbonyl (C=O) groups is 3. The molecule has 3 atom stereocenters. The number of ketones is 2. The summed E-state index contributed by atoms with van der Waals surface area (Å²) in [5.74, 6) is -0.581. The highest BCUT2D eigenvalue weighted by Gasteiger charge is 2.85. The van der Waals surface area contributed by atoms with E-state index in [1.807, 2.05) is 25.1 Å². The van der Waals surface area contributed by atoms with Crippen molar-refractivity contribution in [2.75, 3.05) is 25.9 Å². The van der Waals surface area contributed by atoms with Gasteiger partial charge in [-0.25, -0.2) is 9.78 Å². The number of hydrogen-bond acceptors (Lipinski definition) is 8. The maximum atomic E-state index is 13.9. The van der Waals surface area contributed by atoms with Crippen LogP contribution >= 0.6 is 0 Å². The molecule has 4 N–H and O–H groups in total. The van der Waals surface area contributed by atoms with Crippen molar-refractivity contribution >= 4 is 29.3 Å². The third-order valence-electron chi connectivity index (χ3n) is 8.78. The zero-order valence-electron chi connectivity index (χ0n) is 25.2. The number of nitrogens with two attached hydrogens (primary N) is 1. The highest BCUT2D eigenvalue weighted by atomic mass is 16.7. The first kappa shape index (κ1) is 30.4. The lowest BCUT2D eigenvalue weighted by Crippen LogP contribution is -2.50. The van der Waals surface area contributed by atoms with E-state index < -0.39 is 28.5 Å². The normalized spacial score (nSPS) is 27.4. The van der Waals surface area contributed by atoms with Gasteiger partial charge in [-0.2, -0.15) is 0 Å². The molecular formula is C33H41N5O5. The average Bonchev–Trinajstić information content (AvgIpc) is 3.76. The number of benzene rings is 1. The Bertz CT molecular complexity index is 1470. The fourth-order valence-electron chi connectivity index (χ4n) is 6.46. The van der Waals surface area contributed by atoms with Crippen LogP contribution in [0.15, 0.2) is 59.2 Å². The second-order valence-electron chi connectivity index (χ2n) is 11.7. The van der Waals surface area contributed by atoms with Crippen molar-refractivity contribution in [1.82, 2.24) is 15.6 Å². The number of epoxide rings is 1. The third kappa shape index (κ3) is 5.44. The molecule has 1 aromatic heterocycles. The number of nitrogen functional groups attached to an aromatic ring is 1. The summed E-state index contributed by atoms with van der Waals surface area (Å²) in [5, 5.41) is 6.92. The molecule has 43 heavy (non-hydrogen) atoms. The predicted octanol–water partition coefficient (Wildman–Crippen LogP) is 4.25. The Hall–Kier alpha value is -4.05. The Morgan fingerprint density at radius 3 is 2.65 bits per heavy atom. The molecule has 2 fully saturated rings. The molecule has 2 aliphatic heterocycles. The molecule has 10 nitrogen and oxygen atoms in total. The van der Waals surface area contributed by atoms with E-state index >= 15 is 0 Å². The van der Waals surface area contributed by atoms with Crippen LogP contribution in [0.1, 0.15) is 91.5 Å². The minimum absolute atomic E-state index is 0.0597. The zero-order chi connectivity index (χ0) is 30.7. The number of nitrogens with zero attached hydrogens (tertiary/aromatic N) is 2. The molecule has 2 saturated heterocycles. The third-order valence-corrected chi connectivity index (χ3v) is 8.78. The van der Waals surface area contributed by atoms with Gasteiger partial charge in [0.2, 0.25) is 5.78 Å². The van der Waals surface area contributed by atoms with Gasteiger partial charge in [-0.05, 0) is 50.3 Å². The van der Waals surface area contributed by atoms with E-state index in [4.69, 9.17) is 15.2 Å². The number of unbranched alkanes of at least 4 members (excludes halogenated alkanes) is 3. The Balaban J connectivity index is 1.45. The fraction of sp³-hybridized carbons (Fsp3) is 0.485. The summed E-state index contributed by atoms with van der Waals surface area (Å²) in [5.41, 5.74) is 4.31. The number of rotatable bonds is 11. The molecule has 0 saturated carbocycles. The van der Waals surface area contributed by atoms with Gasteiger partial charge in [0.15, 0.2) is 17.3 Å². The quantitative estimate of drug-likeness (QED) is 0.115. The Morgan fingerprint density at radius 2 is 1.93 bits per heavy atom. The topological polar surface area (TPSA) is 148 Å². The molecular weight excluding hydrogens is 546 g/mol. The van der Waals surface area contributed by atoms with Crippen LogP contribution in [-0.4, -0.2) is 59.9 Å². The van der Waals surface area contributed by atoms with Gasteiger partial charge < -0.3 is 25.8 Å². The number of fused-ring (bicyclic) bond motifs is 2. The van der Waals surface area contributed by atoms with Crippen molar-refractivity contribution < 1.29 is 23.9 Å². The Morgan fingerprint density at radius 1 is 1.16 bits per heavy atom. The lowest BCUT2D eigenvalue weighted by Gasteiger charge is -2.35. The molecule has 0 spiro atoms. The van der Waals surface area contributed by atoms with Gasteiger partial charge >= 0.3 is 5.97 Å². The summed E-state index contributed by atoms with van der Waals surface area (Å²) >= 11 is 0. The number of hydrogen-bond donors (Lipinski definition) is 3. The van der Waals surface area contributed by atoms with E-state index in [9.17, 15) is 14.4 Å². The van der Waals surface area contributed by atoms with Gasteiger partial charge in [0.05, 0.1) is 12.1 Å². The van der Waals surface area contributed by atoms with Gasteiger partial charge in [-0.3, -0.25) is 14.6 Å². The van der Waals surface area contributed by atoms with Crippen molar-refractivity contribution in [2.45, 2.75) is 82.0 Å². The van der Waals surface area contributed by atoms with Crippen molar-refractivity contribution in [1.29, 1.82) is 0 Å². The van der Waals surface area contributed by atoms with Gasteiger partial charge in [0, 0.05) is 37.3 Å². The number of esters is 1. The molecule has 0 radical (unpaired) electrons. The van der Waals surface area contributed by atoms with E-state index in [0.29, 0.717) is 24.6 Å². The van der Waals surface area contributed by atoms with Crippen LogP contribution in [0.25, 0.3) is 0 Å². The number of carbonyl (C=O) groups excluding carboxylic acids is 3. The van der Waals surface area contributed by atoms with Gasteiger partial charge in [0.25, 0.3) is 5.60 Å². The molecule has 228 valence electrons. The minimum Gasteiger partial charge on any atom is -0.463 e. The molecule has 10 heteroatoms. The molecule has 3 aliphatic rings. The fourth-order valence-corrected chi connectivity index (χ4v) is 6.46. The highest BCUT2D eigenvalue weighted by molar-refractivity contribution is 6.32. The molecule has 0 amide bonds. The number of nitrogens with one attached hydrogen (secondary N) is 2. The summed E-state index contributed by atoms with van der Waals surface area (Å²) in [6, 6.07) is 10.4. The standard InChI is InChI=1S/C33H41N5O5/c1-4-5-6-9-19-42-29(41)33-28(40)25-12-8-7-11-24(25)27(39)32(33,43-33)16-13-22(2)21-31(23-14-18-36-26(34)20-23)15-10-17-37-30(35-3)38-31/h7-8,11-14,18,20H,4-6,9-10,15-17,19,21H2,1-3H3,(H2,34,36)(H2,35,37,38). The summed E-state index contributed by atoms with van der Waals surface area (Å²) in [6.45, 7) is 5.02. The number of aromatic nitrogens is 1. The second kappa shape index (κ2) is 12.3. The molecule has 1 aliphatic carbocycles. The predicted molar refractivity (Wildman–Crippen MR) is 164 cm³/mol. The summed E-state index contributed by atoms with van der Waals surface area (Å²) < 4.78 is 11.6. The Kier molecular flexibility index (Phi) is 8.69. The maximum Gasteiger partial charge on any atom is 0.350 e. The lowest BCUT2D eigenvalue weighted by molar-refractivity contribution is -0.148. The monoisotopic (exact) mass is 587 g/mol. The first-order valence-corrected chi connectivity index (χ1v) is 15.2.